The second-order valence-electron chi connectivity index (χ2n) is 3.47. The molecule has 0 heterocycles. The van der Waals surface area contributed by atoms with Crippen LogP contribution in [0.15, 0.2) is 24.3 Å². The van der Waals surface area contributed by atoms with Crippen LogP contribution in [-0.2, 0) is 11.0 Å². The van der Waals surface area contributed by atoms with Crippen LogP contribution in [0.25, 0.3) is 0 Å². The highest BCUT2D eigenvalue weighted by Gasteiger charge is 2.31. The molecule has 1 unspecified atom stereocenters. The van der Waals surface area contributed by atoms with Gasteiger partial charge in [0.25, 0.3) is 0 Å². The Morgan fingerprint density at radius 3 is 2.59 bits per heavy atom. The summed E-state index contributed by atoms with van der Waals surface area (Å²) >= 11 is 1.28. The van der Waals surface area contributed by atoms with E-state index in [-0.39, 0.29) is 11.3 Å². The summed E-state index contributed by atoms with van der Waals surface area (Å²) in [5.74, 6) is -1.78. The molecular weight excluding hydrogens is 253 g/mol. The number of hydrogen-bond acceptors (Lipinski definition) is 2. The Morgan fingerprint density at radius 1 is 1.47 bits per heavy atom. The molecule has 0 aliphatic carbocycles. The second kappa shape index (κ2) is 5.44. The average Bonchev–Trinajstić information content (AvgIpc) is 2.24. The Labute approximate surface area is 101 Å². The summed E-state index contributed by atoms with van der Waals surface area (Å²) in [5.41, 5.74) is -0.635. The number of halogens is 3. The molecule has 6 heteroatoms. The highest BCUT2D eigenvalue weighted by Crippen LogP contribution is 2.31. The van der Waals surface area contributed by atoms with Crippen LogP contribution < -0.4 is 0 Å². The molecule has 1 rings (SSSR count). The van der Waals surface area contributed by atoms with Crippen molar-refractivity contribution in [1.29, 1.82) is 0 Å². The standard InChI is InChI=1S/C11H11F3O2S/c1-17-6-9(10(15)16)7-3-2-4-8(5-7)11(12,13)14/h2-5,9H,6H2,1H3,(H,15,16). The van der Waals surface area contributed by atoms with Gasteiger partial charge in [0.2, 0.25) is 0 Å². The number of thioether (sulfide) groups is 1. The number of carbonyl (C=O) groups is 1. The first-order valence-corrected chi connectivity index (χ1v) is 6.14. The number of carboxylic acid groups (broad SMARTS) is 1. The van der Waals surface area contributed by atoms with E-state index in [9.17, 15) is 18.0 Å². The molecule has 1 aromatic rings. The fourth-order valence-corrected chi connectivity index (χ4v) is 2.08. The van der Waals surface area contributed by atoms with Gasteiger partial charge in [0.15, 0.2) is 0 Å². The zero-order valence-corrected chi connectivity index (χ0v) is 9.81. The highest BCUT2D eigenvalue weighted by atomic mass is 32.2. The van der Waals surface area contributed by atoms with E-state index in [1.165, 1.54) is 23.9 Å². The van der Waals surface area contributed by atoms with Gasteiger partial charge in [-0.05, 0) is 17.9 Å². The number of aliphatic carboxylic acids is 1. The number of alkyl halides is 3. The predicted molar refractivity (Wildman–Crippen MR) is 60.2 cm³/mol. The van der Waals surface area contributed by atoms with Gasteiger partial charge in [-0.3, -0.25) is 4.79 Å². The van der Waals surface area contributed by atoms with Crippen molar-refractivity contribution in [3.05, 3.63) is 35.4 Å². The summed E-state index contributed by atoms with van der Waals surface area (Å²) in [5, 5.41) is 8.96. The van der Waals surface area contributed by atoms with Gasteiger partial charge in [-0.2, -0.15) is 24.9 Å². The van der Waals surface area contributed by atoms with Crippen LogP contribution >= 0.6 is 11.8 Å². The fourth-order valence-electron chi connectivity index (χ4n) is 1.41. The molecule has 0 saturated carbocycles. The van der Waals surface area contributed by atoms with E-state index in [0.29, 0.717) is 0 Å². The normalized spacial score (nSPS) is 13.4. The number of rotatable bonds is 4. The largest absolute Gasteiger partial charge is 0.481 e. The van der Waals surface area contributed by atoms with E-state index in [1.807, 2.05) is 0 Å². The van der Waals surface area contributed by atoms with Gasteiger partial charge in [0.05, 0.1) is 11.5 Å². The van der Waals surface area contributed by atoms with Gasteiger partial charge in [0, 0.05) is 5.75 Å². The lowest BCUT2D eigenvalue weighted by atomic mass is 9.99. The third-order valence-corrected chi connectivity index (χ3v) is 2.91. The molecule has 17 heavy (non-hydrogen) atoms. The SMILES string of the molecule is CSCC(C(=O)O)c1cccc(C(F)(F)F)c1. The van der Waals surface area contributed by atoms with Crippen LogP contribution in [0.4, 0.5) is 13.2 Å². The predicted octanol–water partition coefficient (Wildman–Crippen LogP) is 3.24. The molecule has 0 radical (unpaired) electrons. The Morgan fingerprint density at radius 2 is 2.12 bits per heavy atom. The monoisotopic (exact) mass is 264 g/mol. The minimum absolute atomic E-state index is 0.182. The molecule has 0 aromatic heterocycles. The van der Waals surface area contributed by atoms with Crippen LogP contribution in [0.2, 0.25) is 0 Å². The van der Waals surface area contributed by atoms with E-state index in [0.717, 1.165) is 12.1 Å². The maximum atomic E-state index is 12.5. The van der Waals surface area contributed by atoms with Crippen LogP contribution in [0.5, 0.6) is 0 Å². The number of hydrogen-bond donors (Lipinski definition) is 1. The Balaban J connectivity index is 3.08. The maximum Gasteiger partial charge on any atom is 0.416 e. The topological polar surface area (TPSA) is 37.3 Å². The second-order valence-corrected chi connectivity index (χ2v) is 4.38. The lowest BCUT2D eigenvalue weighted by Crippen LogP contribution is -2.15. The van der Waals surface area contributed by atoms with Crippen molar-refractivity contribution in [1.82, 2.24) is 0 Å². The minimum Gasteiger partial charge on any atom is -0.481 e. The van der Waals surface area contributed by atoms with E-state index >= 15 is 0 Å². The van der Waals surface area contributed by atoms with Crippen LogP contribution in [0.1, 0.15) is 17.0 Å². The summed E-state index contributed by atoms with van der Waals surface area (Å²) in [6, 6.07) is 4.47. The van der Waals surface area contributed by atoms with Crippen molar-refractivity contribution in [2.45, 2.75) is 12.1 Å². The molecule has 0 spiro atoms. The molecular formula is C11H11F3O2S. The Kier molecular flexibility index (Phi) is 4.45. The van der Waals surface area contributed by atoms with Crippen LogP contribution in [-0.4, -0.2) is 23.1 Å². The van der Waals surface area contributed by atoms with E-state index in [1.54, 1.807) is 6.26 Å². The minimum atomic E-state index is -4.45. The summed E-state index contributed by atoms with van der Waals surface area (Å²) in [4.78, 5) is 11.0. The zero-order valence-electron chi connectivity index (χ0n) is 8.99. The summed E-state index contributed by atoms with van der Waals surface area (Å²) in [7, 11) is 0. The number of benzene rings is 1. The van der Waals surface area contributed by atoms with Gasteiger partial charge in [-0.1, -0.05) is 18.2 Å². The van der Waals surface area contributed by atoms with Gasteiger partial charge in [0.1, 0.15) is 0 Å². The third kappa shape index (κ3) is 3.66. The summed E-state index contributed by atoms with van der Waals surface area (Å²) in [6.45, 7) is 0. The molecule has 0 saturated heterocycles. The molecule has 2 nitrogen and oxygen atoms in total. The third-order valence-electron chi connectivity index (χ3n) is 2.25. The van der Waals surface area contributed by atoms with Crippen molar-refractivity contribution in [2.75, 3.05) is 12.0 Å². The first-order chi connectivity index (χ1) is 7.86. The molecule has 0 aliphatic rings. The molecule has 0 bridgehead atoms. The molecule has 0 amide bonds. The lowest BCUT2D eigenvalue weighted by Gasteiger charge is -2.13. The molecule has 1 N–H and O–H groups in total. The van der Waals surface area contributed by atoms with E-state index < -0.39 is 23.6 Å². The van der Waals surface area contributed by atoms with Crippen molar-refractivity contribution < 1.29 is 23.1 Å². The first-order valence-electron chi connectivity index (χ1n) is 4.75. The molecule has 1 atom stereocenters. The molecule has 1 aromatic carbocycles. The molecule has 0 fully saturated rings. The van der Waals surface area contributed by atoms with Crippen molar-refractivity contribution in [3.8, 4) is 0 Å². The quantitative estimate of drug-likeness (QED) is 0.907. The highest BCUT2D eigenvalue weighted by molar-refractivity contribution is 7.98. The Hall–Kier alpha value is -1.17. The molecule has 94 valence electrons. The summed E-state index contributed by atoms with van der Waals surface area (Å²) in [6.07, 6.45) is -2.73. The lowest BCUT2D eigenvalue weighted by molar-refractivity contribution is -0.139. The van der Waals surface area contributed by atoms with Crippen molar-refractivity contribution in [3.63, 3.8) is 0 Å². The smallest absolute Gasteiger partial charge is 0.416 e. The zero-order chi connectivity index (χ0) is 13.1. The van der Waals surface area contributed by atoms with E-state index in [4.69, 9.17) is 5.11 Å². The summed E-state index contributed by atoms with van der Waals surface area (Å²) < 4.78 is 37.4. The van der Waals surface area contributed by atoms with Gasteiger partial charge in [-0.25, -0.2) is 0 Å². The number of carboxylic acids is 1. The van der Waals surface area contributed by atoms with Crippen LogP contribution in [0.3, 0.4) is 0 Å². The van der Waals surface area contributed by atoms with Crippen molar-refractivity contribution in [2.24, 2.45) is 0 Å². The van der Waals surface area contributed by atoms with Gasteiger partial charge >= 0.3 is 12.1 Å². The average molecular weight is 264 g/mol. The van der Waals surface area contributed by atoms with Crippen LogP contribution in [0, 0.1) is 0 Å². The van der Waals surface area contributed by atoms with Gasteiger partial charge in [-0.15, -0.1) is 0 Å². The van der Waals surface area contributed by atoms with Crippen molar-refractivity contribution >= 4 is 17.7 Å². The first kappa shape index (κ1) is 13.9. The fraction of sp³-hybridized carbons (Fsp3) is 0.364. The Bertz CT molecular complexity index is 404. The molecule has 0 aliphatic heterocycles. The maximum absolute atomic E-state index is 12.5. The van der Waals surface area contributed by atoms with Gasteiger partial charge < -0.3 is 5.11 Å². The van der Waals surface area contributed by atoms with E-state index in [2.05, 4.69) is 0 Å².